The SMILES string of the molecule is C[C@]12C[C@H](O)c3c(ccc4cc(O)ccc34)[C@@]13C[C@H]3C[C@@H]2O. The van der Waals surface area contributed by atoms with Crippen LogP contribution in [0.4, 0.5) is 0 Å². The number of aliphatic hydroxyl groups excluding tert-OH is 2. The molecule has 2 aromatic carbocycles. The summed E-state index contributed by atoms with van der Waals surface area (Å²) in [7, 11) is 0. The summed E-state index contributed by atoms with van der Waals surface area (Å²) in [6.45, 7) is 2.15. The van der Waals surface area contributed by atoms with Gasteiger partial charge in [0.25, 0.3) is 0 Å². The first kappa shape index (κ1) is 12.9. The van der Waals surface area contributed by atoms with Gasteiger partial charge in [-0.15, -0.1) is 0 Å². The minimum Gasteiger partial charge on any atom is -0.508 e. The summed E-state index contributed by atoms with van der Waals surface area (Å²) >= 11 is 0. The second-order valence-corrected chi connectivity index (χ2v) is 7.69. The van der Waals surface area contributed by atoms with Crippen LogP contribution in [0.1, 0.15) is 43.4 Å². The van der Waals surface area contributed by atoms with Crippen LogP contribution in [0.15, 0.2) is 30.3 Å². The summed E-state index contributed by atoms with van der Waals surface area (Å²) in [6.07, 6.45) is 1.75. The number of rotatable bonds is 0. The van der Waals surface area contributed by atoms with Gasteiger partial charge >= 0.3 is 0 Å². The van der Waals surface area contributed by atoms with Gasteiger partial charge in [0, 0.05) is 10.8 Å². The summed E-state index contributed by atoms with van der Waals surface area (Å²) < 4.78 is 0. The smallest absolute Gasteiger partial charge is 0.116 e. The minimum absolute atomic E-state index is 0.0487. The van der Waals surface area contributed by atoms with Crippen molar-refractivity contribution in [3.05, 3.63) is 41.5 Å². The Morgan fingerprint density at radius 3 is 2.73 bits per heavy atom. The standard InChI is InChI=1S/C19H20O3/c1-18-9-15(21)17-13-4-3-12(20)6-10(13)2-5-14(17)19(18)8-11(19)7-16(18)22/h2-6,11,15-16,20-22H,7-9H2,1H3/t11-,15+,16+,18-,19+/m1/s1. The number of hydrogen-bond acceptors (Lipinski definition) is 3. The number of hydrogen-bond donors (Lipinski definition) is 3. The van der Waals surface area contributed by atoms with Crippen LogP contribution in [0, 0.1) is 11.3 Å². The van der Waals surface area contributed by atoms with Crippen LogP contribution in [0.2, 0.25) is 0 Å². The first-order valence-electron chi connectivity index (χ1n) is 8.09. The van der Waals surface area contributed by atoms with Crippen molar-refractivity contribution in [1.29, 1.82) is 0 Å². The normalized spacial score (nSPS) is 41.9. The molecule has 0 bridgehead atoms. The number of phenolic OH excluding ortho intramolecular Hbond substituents is 1. The van der Waals surface area contributed by atoms with Crippen LogP contribution in [0.5, 0.6) is 5.75 Å². The van der Waals surface area contributed by atoms with Gasteiger partial charge in [0.2, 0.25) is 0 Å². The summed E-state index contributed by atoms with van der Waals surface area (Å²) in [6, 6.07) is 9.52. The average molecular weight is 296 g/mol. The molecule has 22 heavy (non-hydrogen) atoms. The lowest BCUT2D eigenvalue weighted by Gasteiger charge is -2.45. The number of aliphatic hydroxyl groups is 2. The van der Waals surface area contributed by atoms with Crippen molar-refractivity contribution in [2.45, 2.75) is 43.8 Å². The number of aromatic hydroxyl groups is 1. The van der Waals surface area contributed by atoms with E-state index in [0.717, 1.165) is 29.2 Å². The Morgan fingerprint density at radius 2 is 1.91 bits per heavy atom. The van der Waals surface area contributed by atoms with Crippen LogP contribution in [-0.2, 0) is 5.41 Å². The fourth-order valence-electron chi connectivity index (χ4n) is 5.69. The molecule has 0 heterocycles. The Kier molecular flexibility index (Phi) is 2.15. The van der Waals surface area contributed by atoms with E-state index >= 15 is 0 Å². The lowest BCUT2D eigenvalue weighted by atomic mass is 9.60. The highest BCUT2D eigenvalue weighted by Crippen LogP contribution is 2.77. The van der Waals surface area contributed by atoms with Gasteiger partial charge in [-0.3, -0.25) is 0 Å². The lowest BCUT2D eigenvalue weighted by molar-refractivity contribution is -0.0191. The summed E-state index contributed by atoms with van der Waals surface area (Å²) in [5.41, 5.74) is 2.09. The van der Waals surface area contributed by atoms with E-state index in [4.69, 9.17) is 0 Å². The molecule has 0 saturated heterocycles. The highest BCUT2D eigenvalue weighted by Gasteiger charge is 2.74. The van der Waals surface area contributed by atoms with Crippen LogP contribution in [0.25, 0.3) is 10.8 Å². The quantitative estimate of drug-likeness (QED) is 0.700. The van der Waals surface area contributed by atoms with Crippen LogP contribution in [-0.4, -0.2) is 21.4 Å². The largest absolute Gasteiger partial charge is 0.508 e. The Hall–Kier alpha value is -1.58. The van der Waals surface area contributed by atoms with Gasteiger partial charge in [0.1, 0.15) is 5.75 Å². The third-order valence-corrected chi connectivity index (χ3v) is 6.84. The number of phenols is 1. The fraction of sp³-hybridized carbons (Fsp3) is 0.474. The van der Waals surface area contributed by atoms with E-state index in [-0.39, 0.29) is 22.7 Å². The first-order valence-corrected chi connectivity index (χ1v) is 8.09. The summed E-state index contributed by atoms with van der Waals surface area (Å²) in [5, 5.41) is 33.0. The molecular weight excluding hydrogens is 276 g/mol. The minimum atomic E-state index is -0.548. The lowest BCUT2D eigenvalue weighted by Crippen LogP contribution is -2.44. The molecule has 3 nitrogen and oxygen atoms in total. The zero-order valence-electron chi connectivity index (χ0n) is 12.6. The van der Waals surface area contributed by atoms with E-state index in [1.54, 1.807) is 12.1 Å². The van der Waals surface area contributed by atoms with E-state index < -0.39 is 6.10 Å². The maximum Gasteiger partial charge on any atom is 0.116 e. The van der Waals surface area contributed by atoms with Gasteiger partial charge in [-0.2, -0.15) is 0 Å². The molecule has 3 heteroatoms. The topological polar surface area (TPSA) is 60.7 Å². The molecule has 2 saturated carbocycles. The van der Waals surface area contributed by atoms with Crippen molar-refractivity contribution in [1.82, 2.24) is 0 Å². The third kappa shape index (κ3) is 1.23. The average Bonchev–Trinajstić information content (AvgIpc) is 3.14. The molecule has 3 aliphatic rings. The predicted octanol–water partition coefficient (Wildman–Crippen LogP) is 3.01. The summed E-state index contributed by atoms with van der Waals surface area (Å²) in [4.78, 5) is 0. The number of fused-ring (bicyclic) bond motifs is 3. The van der Waals surface area contributed by atoms with Gasteiger partial charge in [-0.25, -0.2) is 0 Å². The van der Waals surface area contributed by atoms with Gasteiger partial charge in [-0.1, -0.05) is 25.1 Å². The maximum absolute atomic E-state index is 10.8. The Morgan fingerprint density at radius 1 is 1.09 bits per heavy atom. The molecule has 3 N–H and O–H groups in total. The molecule has 0 radical (unpaired) electrons. The van der Waals surface area contributed by atoms with Gasteiger partial charge in [0.05, 0.1) is 12.2 Å². The zero-order valence-corrected chi connectivity index (χ0v) is 12.6. The molecule has 5 atom stereocenters. The highest BCUT2D eigenvalue weighted by molar-refractivity contribution is 5.89. The van der Waals surface area contributed by atoms with Crippen molar-refractivity contribution in [2.75, 3.05) is 0 Å². The molecule has 5 rings (SSSR count). The van der Waals surface area contributed by atoms with Crippen molar-refractivity contribution in [3.8, 4) is 5.75 Å². The predicted molar refractivity (Wildman–Crippen MR) is 83.7 cm³/mol. The molecule has 2 fully saturated rings. The van der Waals surface area contributed by atoms with Crippen molar-refractivity contribution < 1.29 is 15.3 Å². The van der Waals surface area contributed by atoms with E-state index in [2.05, 4.69) is 13.0 Å². The molecule has 0 aliphatic heterocycles. The number of benzene rings is 2. The Labute approximate surface area is 129 Å². The molecule has 0 aromatic heterocycles. The molecule has 3 aliphatic carbocycles. The summed E-state index contributed by atoms with van der Waals surface area (Å²) in [5.74, 6) is 0.801. The monoisotopic (exact) mass is 296 g/mol. The molecule has 114 valence electrons. The van der Waals surface area contributed by atoms with Gasteiger partial charge < -0.3 is 15.3 Å². The van der Waals surface area contributed by atoms with Gasteiger partial charge in [-0.05, 0) is 59.2 Å². The fourth-order valence-corrected chi connectivity index (χ4v) is 5.69. The van der Waals surface area contributed by atoms with E-state index in [1.165, 1.54) is 5.56 Å². The zero-order chi connectivity index (χ0) is 15.3. The third-order valence-electron chi connectivity index (χ3n) is 6.84. The highest BCUT2D eigenvalue weighted by atomic mass is 16.3. The van der Waals surface area contributed by atoms with E-state index in [1.807, 2.05) is 12.1 Å². The maximum atomic E-state index is 10.8. The molecule has 2 aromatic rings. The van der Waals surface area contributed by atoms with Crippen LogP contribution >= 0.6 is 0 Å². The second-order valence-electron chi connectivity index (χ2n) is 7.69. The Bertz CT molecular complexity index is 814. The van der Waals surface area contributed by atoms with E-state index in [0.29, 0.717) is 12.3 Å². The second kappa shape index (κ2) is 3.66. The van der Waals surface area contributed by atoms with Gasteiger partial charge in [0.15, 0.2) is 0 Å². The molecule has 1 spiro atoms. The van der Waals surface area contributed by atoms with Crippen LogP contribution in [0.3, 0.4) is 0 Å². The van der Waals surface area contributed by atoms with Crippen molar-refractivity contribution >= 4 is 10.8 Å². The first-order chi connectivity index (χ1) is 10.5. The van der Waals surface area contributed by atoms with Crippen molar-refractivity contribution in [3.63, 3.8) is 0 Å². The Balaban J connectivity index is 1.83. The molecule has 0 amide bonds. The van der Waals surface area contributed by atoms with Crippen molar-refractivity contribution in [2.24, 2.45) is 11.3 Å². The molecule has 0 unspecified atom stereocenters. The van der Waals surface area contributed by atoms with E-state index in [9.17, 15) is 15.3 Å². The van der Waals surface area contributed by atoms with Crippen LogP contribution < -0.4 is 0 Å². The molecular formula is C19H20O3.